The van der Waals surface area contributed by atoms with E-state index >= 15 is 0 Å². The molecule has 3 aromatic heterocycles. The first-order valence-electron chi connectivity index (χ1n) is 5.79. The third kappa shape index (κ3) is 2.30. The van der Waals surface area contributed by atoms with E-state index in [4.69, 9.17) is 11.6 Å². The molecule has 3 rings (SSSR count). The van der Waals surface area contributed by atoms with Gasteiger partial charge >= 0.3 is 0 Å². The molecule has 0 saturated carbocycles. The van der Waals surface area contributed by atoms with Gasteiger partial charge in [-0.1, -0.05) is 0 Å². The molecule has 3 aromatic rings. The Bertz CT molecular complexity index is 735. The third-order valence-corrected chi connectivity index (χ3v) is 5.18. The number of pyridine rings is 1. The number of nitrogens with zero attached hydrogens (tertiary/aromatic N) is 3. The predicted molar refractivity (Wildman–Crippen MR) is 82.9 cm³/mol. The topological polar surface area (TPSA) is 30.7 Å². The molecule has 19 heavy (non-hydrogen) atoms. The average Bonchev–Trinajstić information content (AvgIpc) is 2.96. The highest BCUT2D eigenvalue weighted by Gasteiger charge is 2.14. The summed E-state index contributed by atoms with van der Waals surface area (Å²) in [5.74, 6) is 1.25. The number of imidazole rings is 1. The Labute approximate surface area is 128 Å². The summed E-state index contributed by atoms with van der Waals surface area (Å²) in [4.78, 5) is 10.3. The first-order chi connectivity index (χ1) is 9.20. The van der Waals surface area contributed by atoms with Gasteiger partial charge in [-0.25, -0.2) is 9.97 Å². The average molecular weight is 357 g/mol. The second-order valence-electron chi connectivity index (χ2n) is 4.24. The normalized spacial score (nSPS) is 11.3. The Morgan fingerprint density at radius 2 is 2.26 bits per heavy atom. The van der Waals surface area contributed by atoms with Crippen LogP contribution in [0.2, 0.25) is 0 Å². The molecule has 3 heterocycles. The van der Waals surface area contributed by atoms with E-state index in [1.165, 1.54) is 4.88 Å². The van der Waals surface area contributed by atoms with Gasteiger partial charge in [0, 0.05) is 15.5 Å². The van der Waals surface area contributed by atoms with Crippen molar-refractivity contribution in [2.75, 3.05) is 0 Å². The Kier molecular flexibility index (Phi) is 3.60. The number of alkyl halides is 1. The van der Waals surface area contributed by atoms with Crippen molar-refractivity contribution in [3.05, 3.63) is 44.4 Å². The lowest BCUT2D eigenvalue weighted by molar-refractivity contribution is 0.778. The fourth-order valence-corrected chi connectivity index (χ4v) is 3.70. The van der Waals surface area contributed by atoms with Crippen molar-refractivity contribution in [2.45, 2.75) is 19.3 Å². The number of thiophene rings is 1. The lowest BCUT2D eigenvalue weighted by atomic mass is 10.3. The van der Waals surface area contributed by atoms with Gasteiger partial charge in [-0.15, -0.1) is 22.9 Å². The molecule has 98 valence electrons. The van der Waals surface area contributed by atoms with Crippen LogP contribution in [0.1, 0.15) is 16.3 Å². The highest BCUT2D eigenvalue weighted by Crippen LogP contribution is 2.26. The quantitative estimate of drug-likeness (QED) is 0.653. The van der Waals surface area contributed by atoms with E-state index in [9.17, 15) is 0 Å². The number of halogens is 2. The molecular formula is C13H11BrClN3S. The molecule has 0 aliphatic heterocycles. The van der Waals surface area contributed by atoms with E-state index in [1.807, 2.05) is 19.2 Å². The molecule has 3 nitrogen and oxygen atoms in total. The van der Waals surface area contributed by atoms with Gasteiger partial charge in [0.15, 0.2) is 5.65 Å². The molecule has 0 N–H and O–H groups in total. The number of rotatable bonds is 3. The fourth-order valence-electron chi connectivity index (χ4n) is 2.03. The highest BCUT2D eigenvalue weighted by atomic mass is 79.9. The SMILES string of the molecule is Cc1ccnc2c1nc(CCl)n2Cc1sccc1Br. The predicted octanol–water partition coefficient (Wildman–Crippen LogP) is 4.35. The molecule has 0 saturated heterocycles. The minimum atomic E-state index is 0.388. The van der Waals surface area contributed by atoms with Crippen molar-refractivity contribution >= 4 is 50.0 Å². The summed E-state index contributed by atoms with van der Waals surface area (Å²) in [6.07, 6.45) is 1.82. The Morgan fingerprint density at radius 1 is 1.42 bits per heavy atom. The smallest absolute Gasteiger partial charge is 0.160 e. The van der Waals surface area contributed by atoms with Crippen LogP contribution in [0.25, 0.3) is 11.2 Å². The Morgan fingerprint density at radius 3 is 2.95 bits per heavy atom. The number of aryl methyl sites for hydroxylation is 1. The van der Waals surface area contributed by atoms with E-state index in [1.54, 1.807) is 11.3 Å². The van der Waals surface area contributed by atoms with E-state index in [-0.39, 0.29) is 0 Å². The molecule has 0 aliphatic rings. The minimum Gasteiger partial charge on any atom is -0.306 e. The van der Waals surface area contributed by atoms with Crippen LogP contribution in [0.5, 0.6) is 0 Å². The van der Waals surface area contributed by atoms with Crippen LogP contribution in [-0.4, -0.2) is 14.5 Å². The zero-order valence-electron chi connectivity index (χ0n) is 10.2. The van der Waals surface area contributed by atoms with Gasteiger partial charge in [-0.05, 0) is 45.9 Å². The van der Waals surface area contributed by atoms with E-state index < -0.39 is 0 Å². The second kappa shape index (κ2) is 5.23. The van der Waals surface area contributed by atoms with Crippen molar-refractivity contribution in [3.8, 4) is 0 Å². The van der Waals surface area contributed by atoms with Crippen LogP contribution in [0.3, 0.4) is 0 Å². The molecule has 0 atom stereocenters. The fraction of sp³-hybridized carbons (Fsp3) is 0.231. The summed E-state index contributed by atoms with van der Waals surface area (Å²) in [6, 6.07) is 4.02. The summed E-state index contributed by atoms with van der Waals surface area (Å²) >= 11 is 11.3. The summed E-state index contributed by atoms with van der Waals surface area (Å²) in [5, 5.41) is 2.07. The zero-order chi connectivity index (χ0) is 13.4. The van der Waals surface area contributed by atoms with E-state index in [2.05, 4.69) is 41.9 Å². The van der Waals surface area contributed by atoms with Gasteiger partial charge in [0.05, 0.1) is 12.4 Å². The maximum Gasteiger partial charge on any atom is 0.160 e. The van der Waals surface area contributed by atoms with Gasteiger partial charge in [-0.2, -0.15) is 0 Å². The third-order valence-electron chi connectivity index (χ3n) is 3.03. The second-order valence-corrected chi connectivity index (χ2v) is 6.36. The molecule has 0 bridgehead atoms. The van der Waals surface area contributed by atoms with Gasteiger partial charge in [0.25, 0.3) is 0 Å². The molecule has 6 heteroatoms. The summed E-state index contributed by atoms with van der Waals surface area (Å²) in [6.45, 7) is 2.79. The van der Waals surface area contributed by atoms with Crippen molar-refractivity contribution < 1.29 is 0 Å². The lowest BCUT2D eigenvalue weighted by Crippen LogP contribution is -2.03. The molecular weight excluding hydrogens is 346 g/mol. The zero-order valence-corrected chi connectivity index (χ0v) is 13.4. The molecule has 0 fully saturated rings. The Balaban J connectivity index is 2.16. The van der Waals surface area contributed by atoms with Gasteiger partial charge in [0.2, 0.25) is 0 Å². The number of aromatic nitrogens is 3. The van der Waals surface area contributed by atoms with Gasteiger partial charge in [0.1, 0.15) is 11.3 Å². The van der Waals surface area contributed by atoms with Gasteiger partial charge < -0.3 is 4.57 Å². The standard InChI is InChI=1S/C13H11BrClN3S/c1-8-2-4-16-13-12(8)17-11(6-15)18(13)7-10-9(14)3-5-19-10/h2-5H,6-7H2,1H3. The molecule has 0 unspecified atom stereocenters. The summed E-state index contributed by atoms with van der Waals surface area (Å²) in [7, 11) is 0. The van der Waals surface area contributed by atoms with Crippen LogP contribution in [0.4, 0.5) is 0 Å². The summed E-state index contributed by atoms with van der Waals surface area (Å²) in [5.41, 5.74) is 2.96. The van der Waals surface area contributed by atoms with Crippen LogP contribution in [0.15, 0.2) is 28.2 Å². The number of hydrogen-bond acceptors (Lipinski definition) is 3. The van der Waals surface area contributed by atoms with Crippen LogP contribution in [-0.2, 0) is 12.4 Å². The van der Waals surface area contributed by atoms with E-state index in [0.29, 0.717) is 5.88 Å². The molecule has 0 spiro atoms. The Hall–Kier alpha value is -0.910. The largest absolute Gasteiger partial charge is 0.306 e. The monoisotopic (exact) mass is 355 g/mol. The first kappa shape index (κ1) is 13.1. The first-order valence-corrected chi connectivity index (χ1v) is 8.00. The number of fused-ring (bicyclic) bond motifs is 1. The van der Waals surface area contributed by atoms with Crippen molar-refractivity contribution in [3.63, 3.8) is 0 Å². The molecule has 0 radical (unpaired) electrons. The molecule has 0 aliphatic carbocycles. The van der Waals surface area contributed by atoms with E-state index in [0.717, 1.165) is 33.6 Å². The van der Waals surface area contributed by atoms with Crippen molar-refractivity contribution in [1.29, 1.82) is 0 Å². The van der Waals surface area contributed by atoms with Crippen LogP contribution >= 0.6 is 38.9 Å². The van der Waals surface area contributed by atoms with Crippen LogP contribution in [0, 0.1) is 6.92 Å². The molecule has 0 aromatic carbocycles. The maximum absolute atomic E-state index is 6.02. The highest BCUT2D eigenvalue weighted by molar-refractivity contribution is 9.10. The van der Waals surface area contributed by atoms with Crippen LogP contribution < -0.4 is 0 Å². The number of hydrogen-bond donors (Lipinski definition) is 0. The summed E-state index contributed by atoms with van der Waals surface area (Å²) < 4.78 is 3.21. The van der Waals surface area contributed by atoms with Gasteiger partial charge in [-0.3, -0.25) is 0 Å². The lowest BCUT2D eigenvalue weighted by Gasteiger charge is -2.06. The van der Waals surface area contributed by atoms with Crippen molar-refractivity contribution in [1.82, 2.24) is 14.5 Å². The van der Waals surface area contributed by atoms with Crippen molar-refractivity contribution in [2.24, 2.45) is 0 Å². The minimum absolute atomic E-state index is 0.388. The molecule has 0 amide bonds. The maximum atomic E-state index is 6.02.